The van der Waals surface area contributed by atoms with E-state index >= 15 is 0 Å². The molecule has 2 aromatic rings. The van der Waals surface area contributed by atoms with Crippen molar-refractivity contribution in [3.8, 4) is 0 Å². The molecule has 8 heteroatoms. The zero-order valence-electron chi connectivity index (χ0n) is 17.9. The molecule has 0 aliphatic carbocycles. The molecule has 1 aromatic heterocycles. The largest absolute Gasteiger partial charge is 0.396 e. The monoisotopic (exact) mass is 543 g/mol. The molecule has 3 rings (SSSR count). The van der Waals surface area contributed by atoms with Crippen molar-refractivity contribution in [3.05, 3.63) is 45.9 Å². The molecule has 2 heterocycles. The SMILES string of the molecule is CCNC(=NCc1ccc(N2CCC(CO)CC2)cc1)NCCc1csc(C)n1.I. The van der Waals surface area contributed by atoms with Gasteiger partial charge < -0.3 is 20.6 Å². The van der Waals surface area contributed by atoms with Crippen LogP contribution < -0.4 is 15.5 Å². The lowest BCUT2D eigenvalue weighted by atomic mass is 9.97. The Bertz CT molecular complexity index is 772. The fourth-order valence-electron chi connectivity index (χ4n) is 3.53. The summed E-state index contributed by atoms with van der Waals surface area (Å²) >= 11 is 1.69. The van der Waals surface area contributed by atoms with E-state index in [0.717, 1.165) is 62.1 Å². The molecular weight excluding hydrogens is 509 g/mol. The van der Waals surface area contributed by atoms with E-state index < -0.39 is 0 Å². The van der Waals surface area contributed by atoms with Gasteiger partial charge in [0.25, 0.3) is 0 Å². The molecule has 166 valence electrons. The number of hydrogen-bond acceptors (Lipinski definition) is 5. The van der Waals surface area contributed by atoms with Gasteiger partial charge in [0.05, 0.1) is 17.2 Å². The van der Waals surface area contributed by atoms with Crippen LogP contribution in [0.15, 0.2) is 34.6 Å². The second kappa shape index (κ2) is 13.1. The maximum Gasteiger partial charge on any atom is 0.191 e. The number of aryl methyl sites for hydroxylation is 1. The Morgan fingerprint density at radius 2 is 1.97 bits per heavy atom. The predicted octanol–water partition coefficient (Wildman–Crippen LogP) is 3.58. The first-order valence-corrected chi connectivity index (χ1v) is 11.4. The zero-order valence-corrected chi connectivity index (χ0v) is 21.1. The van der Waals surface area contributed by atoms with Crippen molar-refractivity contribution in [1.29, 1.82) is 0 Å². The van der Waals surface area contributed by atoms with E-state index in [4.69, 9.17) is 4.99 Å². The molecule has 0 unspecified atom stereocenters. The average molecular weight is 544 g/mol. The van der Waals surface area contributed by atoms with Crippen LogP contribution in [0.4, 0.5) is 5.69 Å². The first-order valence-electron chi connectivity index (χ1n) is 10.6. The molecule has 6 nitrogen and oxygen atoms in total. The Labute approximate surface area is 201 Å². The summed E-state index contributed by atoms with van der Waals surface area (Å²) in [6.45, 7) is 8.78. The summed E-state index contributed by atoms with van der Waals surface area (Å²) in [5.41, 5.74) is 3.60. The third kappa shape index (κ3) is 7.70. The summed E-state index contributed by atoms with van der Waals surface area (Å²) in [4.78, 5) is 11.6. The maximum atomic E-state index is 9.30. The number of halogens is 1. The molecule has 1 saturated heterocycles. The number of hydrogen-bond donors (Lipinski definition) is 3. The fraction of sp³-hybridized carbons (Fsp3) is 0.545. The Balaban J connectivity index is 0.00000320. The fourth-order valence-corrected chi connectivity index (χ4v) is 4.18. The molecule has 0 amide bonds. The van der Waals surface area contributed by atoms with Crippen LogP contribution in [-0.2, 0) is 13.0 Å². The Hall–Kier alpha value is -1.39. The van der Waals surface area contributed by atoms with Crippen molar-refractivity contribution in [2.45, 2.75) is 39.7 Å². The zero-order chi connectivity index (χ0) is 20.5. The number of anilines is 1. The number of nitrogens with one attached hydrogen (secondary N) is 2. The summed E-state index contributed by atoms with van der Waals surface area (Å²) in [6.07, 6.45) is 3.04. The van der Waals surface area contributed by atoms with Gasteiger partial charge in [-0.1, -0.05) is 12.1 Å². The number of benzene rings is 1. The molecule has 0 bridgehead atoms. The van der Waals surface area contributed by atoms with Crippen LogP contribution in [0.25, 0.3) is 0 Å². The molecular formula is C22H34IN5OS. The minimum atomic E-state index is 0. The van der Waals surface area contributed by atoms with Gasteiger partial charge in [0, 0.05) is 50.3 Å². The van der Waals surface area contributed by atoms with Crippen LogP contribution in [0.2, 0.25) is 0 Å². The molecule has 0 atom stereocenters. The van der Waals surface area contributed by atoms with Crippen LogP contribution in [0.1, 0.15) is 36.0 Å². The van der Waals surface area contributed by atoms with E-state index in [2.05, 4.69) is 57.1 Å². The Morgan fingerprint density at radius 1 is 1.23 bits per heavy atom. The van der Waals surface area contributed by atoms with Crippen LogP contribution in [0.5, 0.6) is 0 Å². The predicted molar refractivity (Wildman–Crippen MR) is 137 cm³/mol. The van der Waals surface area contributed by atoms with Crippen LogP contribution in [-0.4, -0.2) is 48.8 Å². The van der Waals surface area contributed by atoms with Crippen molar-refractivity contribution in [2.24, 2.45) is 10.9 Å². The number of guanidine groups is 1. The van der Waals surface area contributed by atoms with E-state index in [1.165, 1.54) is 11.3 Å². The number of aliphatic imine (C=N–C) groups is 1. The van der Waals surface area contributed by atoms with E-state index in [1.807, 2.05) is 6.92 Å². The summed E-state index contributed by atoms with van der Waals surface area (Å²) in [5.74, 6) is 1.31. The Kier molecular flexibility index (Phi) is 10.9. The maximum absolute atomic E-state index is 9.30. The normalized spacial score (nSPS) is 15.0. The summed E-state index contributed by atoms with van der Waals surface area (Å²) in [7, 11) is 0. The van der Waals surface area contributed by atoms with Crippen molar-refractivity contribution in [3.63, 3.8) is 0 Å². The lowest BCUT2D eigenvalue weighted by Gasteiger charge is -2.32. The van der Waals surface area contributed by atoms with Crippen molar-refractivity contribution in [2.75, 3.05) is 37.7 Å². The Morgan fingerprint density at radius 3 is 2.57 bits per heavy atom. The van der Waals surface area contributed by atoms with Gasteiger partial charge >= 0.3 is 0 Å². The van der Waals surface area contributed by atoms with Gasteiger partial charge in [-0.15, -0.1) is 35.3 Å². The summed E-state index contributed by atoms with van der Waals surface area (Å²) < 4.78 is 0. The number of rotatable bonds is 8. The van der Waals surface area contributed by atoms with Gasteiger partial charge in [-0.05, 0) is 50.3 Å². The van der Waals surface area contributed by atoms with Gasteiger partial charge in [0.2, 0.25) is 0 Å². The standard InChI is InChI=1S/C22H33N5OS.HI/c1-3-23-22(24-11-8-20-16-29-17(2)26-20)25-14-18-4-6-21(7-5-18)27-12-9-19(15-28)10-13-27;/h4-7,16,19,28H,3,8-15H2,1-2H3,(H2,23,24,25);1H. The molecule has 1 fully saturated rings. The van der Waals surface area contributed by atoms with E-state index in [1.54, 1.807) is 11.3 Å². The highest BCUT2D eigenvalue weighted by atomic mass is 127. The molecule has 1 aliphatic heterocycles. The van der Waals surface area contributed by atoms with Gasteiger partial charge in [-0.2, -0.15) is 0 Å². The topological polar surface area (TPSA) is 72.8 Å². The third-order valence-electron chi connectivity index (χ3n) is 5.28. The molecule has 0 radical (unpaired) electrons. The van der Waals surface area contributed by atoms with Gasteiger partial charge in [-0.3, -0.25) is 0 Å². The van der Waals surface area contributed by atoms with Gasteiger partial charge in [0.15, 0.2) is 5.96 Å². The highest BCUT2D eigenvalue weighted by molar-refractivity contribution is 14.0. The number of aromatic nitrogens is 1. The first kappa shape index (κ1) is 24.9. The second-order valence-corrected chi connectivity index (χ2v) is 8.57. The van der Waals surface area contributed by atoms with Crippen molar-refractivity contribution >= 4 is 47.0 Å². The van der Waals surface area contributed by atoms with Crippen LogP contribution in [0, 0.1) is 12.8 Å². The summed E-state index contributed by atoms with van der Waals surface area (Å²) in [6, 6.07) is 8.71. The molecule has 0 spiro atoms. The number of piperidine rings is 1. The van der Waals surface area contributed by atoms with Gasteiger partial charge in [0.1, 0.15) is 0 Å². The molecule has 30 heavy (non-hydrogen) atoms. The second-order valence-electron chi connectivity index (χ2n) is 7.51. The number of aliphatic hydroxyl groups is 1. The third-order valence-corrected chi connectivity index (χ3v) is 6.10. The molecule has 1 aliphatic rings. The minimum absolute atomic E-state index is 0. The highest BCUT2D eigenvalue weighted by Crippen LogP contribution is 2.23. The quantitative estimate of drug-likeness (QED) is 0.270. The van der Waals surface area contributed by atoms with Crippen LogP contribution in [0.3, 0.4) is 0 Å². The number of aliphatic hydroxyl groups excluding tert-OH is 1. The first-order chi connectivity index (χ1) is 14.2. The minimum Gasteiger partial charge on any atom is -0.396 e. The smallest absolute Gasteiger partial charge is 0.191 e. The summed E-state index contributed by atoms with van der Waals surface area (Å²) in [5, 5.41) is 19.2. The van der Waals surface area contributed by atoms with Crippen LogP contribution >= 0.6 is 35.3 Å². The van der Waals surface area contributed by atoms with Crippen molar-refractivity contribution in [1.82, 2.24) is 15.6 Å². The molecule has 0 saturated carbocycles. The lowest BCUT2D eigenvalue weighted by Crippen LogP contribution is -2.38. The van der Waals surface area contributed by atoms with E-state index in [9.17, 15) is 5.11 Å². The van der Waals surface area contributed by atoms with Crippen molar-refractivity contribution < 1.29 is 5.11 Å². The van der Waals surface area contributed by atoms with E-state index in [0.29, 0.717) is 19.1 Å². The lowest BCUT2D eigenvalue weighted by molar-refractivity contribution is 0.203. The number of thiazole rings is 1. The van der Waals surface area contributed by atoms with Gasteiger partial charge in [-0.25, -0.2) is 9.98 Å². The molecule has 1 aromatic carbocycles. The number of nitrogens with zero attached hydrogens (tertiary/aromatic N) is 3. The molecule has 3 N–H and O–H groups in total. The van der Waals surface area contributed by atoms with E-state index in [-0.39, 0.29) is 24.0 Å². The average Bonchev–Trinajstić information content (AvgIpc) is 3.17. The highest BCUT2D eigenvalue weighted by Gasteiger charge is 2.18.